The lowest BCUT2D eigenvalue weighted by atomic mass is 10.1. The van der Waals surface area contributed by atoms with Gasteiger partial charge in [0.1, 0.15) is 0 Å². The monoisotopic (exact) mass is 450 g/mol. The SMILES string of the molecule is Cc1oc(=O)oc1COC(=O)CCC(CP(=O)(O)O)C(=O)OCc1oc(=O)oc1C. The van der Waals surface area contributed by atoms with Gasteiger partial charge in [0.25, 0.3) is 0 Å². The lowest BCUT2D eigenvalue weighted by Crippen LogP contribution is -2.23. The van der Waals surface area contributed by atoms with Crippen LogP contribution in [0.25, 0.3) is 0 Å². The van der Waals surface area contributed by atoms with E-state index in [0.29, 0.717) is 0 Å². The van der Waals surface area contributed by atoms with E-state index in [1.54, 1.807) is 0 Å². The van der Waals surface area contributed by atoms with Gasteiger partial charge in [-0.15, -0.1) is 0 Å². The molecule has 166 valence electrons. The smallest absolute Gasteiger partial charge is 0.457 e. The Labute approximate surface area is 167 Å². The number of hydrogen-bond acceptors (Lipinski definition) is 11. The molecule has 13 nitrogen and oxygen atoms in total. The molecule has 2 aromatic heterocycles. The van der Waals surface area contributed by atoms with Crippen molar-refractivity contribution in [3.63, 3.8) is 0 Å². The van der Waals surface area contributed by atoms with Crippen LogP contribution in [0.15, 0.2) is 27.3 Å². The van der Waals surface area contributed by atoms with E-state index in [0.717, 1.165) is 0 Å². The van der Waals surface area contributed by atoms with Gasteiger partial charge < -0.3 is 36.9 Å². The van der Waals surface area contributed by atoms with Gasteiger partial charge in [0, 0.05) is 6.42 Å². The molecule has 0 fully saturated rings. The van der Waals surface area contributed by atoms with Gasteiger partial charge in [-0.05, 0) is 20.3 Å². The fraction of sp³-hybridized carbons (Fsp3) is 0.500. The van der Waals surface area contributed by atoms with Crippen molar-refractivity contribution in [2.45, 2.75) is 39.9 Å². The molecule has 0 aliphatic carbocycles. The maximum absolute atomic E-state index is 12.2. The maximum atomic E-state index is 12.2. The number of carbonyl (C=O) groups is 2. The van der Waals surface area contributed by atoms with Crippen LogP contribution in [0.4, 0.5) is 0 Å². The van der Waals surface area contributed by atoms with E-state index in [1.807, 2.05) is 0 Å². The van der Waals surface area contributed by atoms with Gasteiger partial charge in [-0.3, -0.25) is 14.2 Å². The zero-order valence-electron chi connectivity index (χ0n) is 15.9. The van der Waals surface area contributed by atoms with Gasteiger partial charge in [0.05, 0.1) is 12.1 Å². The number of ether oxygens (including phenoxy) is 2. The second kappa shape index (κ2) is 9.74. The third kappa shape index (κ3) is 7.17. The van der Waals surface area contributed by atoms with Crippen molar-refractivity contribution in [2.24, 2.45) is 5.92 Å². The Kier molecular flexibility index (Phi) is 7.59. The molecule has 2 heterocycles. The second-order valence-corrected chi connectivity index (χ2v) is 7.91. The van der Waals surface area contributed by atoms with Crippen LogP contribution in [0.1, 0.15) is 35.9 Å². The van der Waals surface area contributed by atoms with Crippen molar-refractivity contribution in [3.05, 3.63) is 44.3 Å². The van der Waals surface area contributed by atoms with E-state index in [-0.39, 0.29) is 42.5 Å². The topological polar surface area (TPSA) is 197 Å². The van der Waals surface area contributed by atoms with Crippen molar-refractivity contribution in [1.29, 1.82) is 0 Å². The van der Waals surface area contributed by atoms with Crippen LogP contribution in [-0.2, 0) is 36.8 Å². The Morgan fingerprint density at radius 1 is 0.933 bits per heavy atom. The minimum Gasteiger partial charge on any atom is -0.457 e. The summed E-state index contributed by atoms with van der Waals surface area (Å²) in [6.45, 7) is 1.96. The average molecular weight is 450 g/mol. The highest BCUT2D eigenvalue weighted by molar-refractivity contribution is 7.51. The van der Waals surface area contributed by atoms with E-state index < -0.39 is 49.9 Å². The van der Waals surface area contributed by atoms with E-state index >= 15 is 0 Å². The van der Waals surface area contributed by atoms with Crippen LogP contribution in [-0.4, -0.2) is 27.9 Å². The molecule has 2 N–H and O–H groups in total. The molecule has 0 bridgehead atoms. The summed E-state index contributed by atoms with van der Waals surface area (Å²) in [7, 11) is -4.61. The van der Waals surface area contributed by atoms with Crippen LogP contribution in [0.2, 0.25) is 0 Å². The van der Waals surface area contributed by atoms with Crippen LogP contribution in [0, 0.1) is 19.8 Å². The number of rotatable bonds is 10. The fourth-order valence-corrected chi connectivity index (χ4v) is 3.25. The molecular weight excluding hydrogens is 431 g/mol. The van der Waals surface area contributed by atoms with Crippen LogP contribution in [0.5, 0.6) is 0 Å². The number of aryl methyl sites for hydroxylation is 2. The summed E-state index contributed by atoms with van der Waals surface area (Å²) in [5.74, 6) is -4.91. The van der Waals surface area contributed by atoms with Gasteiger partial charge in [-0.25, -0.2) is 9.59 Å². The maximum Gasteiger partial charge on any atom is 0.519 e. The van der Waals surface area contributed by atoms with Crippen molar-refractivity contribution < 1.29 is 51.1 Å². The highest BCUT2D eigenvalue weighted by atomic mass is 31.2. The van der Waals surface area contributed by atoms with Crippen LogP contribution >= 0.6 is 7.60 Å². The van der Waals surface area contributed by atoms with Gasteiger partial charge in [-0.1, -0.05) is 0 Å². The molecular formula is C16H19O13P. The molecule has 0 aromatic carbocycles. The number of hydrogen-bond donors (Lipinski definition) is 2. The Morgan fingerprint density at radius 2 is 1.43 bits per heavy atom. The molecule has 0 amide bonds. The molecule has 2 rings (SSSR count). The zero-order valence-corrected chi connectivity index (χ0v) is 16.8. The molecule has 0 aliphatic heterocycles. The molecule has 2 aromatic rings. The molecule has 0 saturated heterocycles. The summed E-state index contributed by atoms with van der Waals surface area (Å²) in [5.41, 5.74) is 0. The Bertz CT molecular complexity index is 1050. The first-order chi connectivity index (χ1) is 13.9. The first-order valence-electron chi connectivity index (χ1n) is 8.50. The van der Waals surface area contributed by atoms with Crippen molar-refractivity contribution >= 4 is 19.5 Å². The highest BCUT2D eigenvalue weighted by Crippen LogP contribution is 2.38. The summed E-state index contributed by atoms with van der Waals surface area (Å²) in [4.78, 5) is 64.4. The molecule has 0 spiro atoms. The van der Waals surface area contributed by atoms with Crippen molar-refractivity contribution in [3.8, 4) is 0 Å². The van der Waals surface area contributed by atoms with E-state index in [1.165, 1.54) is 13.8 Å². The fourth-order valence-electron chi connectivity index (χ4n) is 2.35. The first kappa shape index (κ1) is 23.4. The minimum atomic E-state index is -4.61. The van der Waals surface area contributed by atoms with Crippen LogP contribution < -0.4 is 11.6 Å². The number of carbonyl (C=O) groups excluding carboxylic acids is 2. The molecule has 0 saturated carbocycles. The van der Waals surface area contributed by atoms with Gasteiger partial charge in [-0.2, -0.15) is 0 Å². The summed E-state index contributed by atoms with van der Waals surface area (Å²) in [6, 6.07) is 0. The molecule has 1 unspecified atom stereocenters. The Balaban J connectivity index is 1.92. The summed E-state index contributed by atoms with van der Waals surface area (Å²) in [6.07, 6.45) is -1.52. The highest BCUT2D eigenvalue weighted by Gasteiger charge is 2.30. The number of esters is 2. The van der Waals surface area contributed by atoms with E-state index in [9.17, 15) is 33.5 Å². The van der Waals surface area contributed by atoms with Gasteiger partial charge in [0.2, 0.25) is 0 Å². The quantitative estimate of drug-likeness (QED) is 0.380. The summed E-state index contributed by atoms with van der Waals surface area (Å²) < 4.78 is 39.7. The van der Waals surface area contributed by atoms with Crippen molar-refractivity contribution in [2.75, 3.05) is 6.16 Å². The minimum absolute atomic E-state index is 0.0106. The average Bonchev–Trinajstić information content (AvgIpc) is 3.13. The lowest BCUT2D eigenvalue weighted by molar-refractivity contribution is -0.151. The molecule has 0 aliphatic rings. The largest absolute Gasteiger partial charge is 0.519 e. The van der Waals surface area contributed by atoms with Crippen LogP contribution in [0.3, 0.4) is 0 Å². The van der Waals surface area contributed by atoms with E-state index in [2.05, 4.69) is 17.7 Å². The third-order valence-electron chi connectivity index (χ3n) is 3.87. The van der Waals surface area contributed by atoms with Gasteiger partial charge >= 0.3 is 31.2 Å². The standard InChI is InChI=1S/C16H19O13P/c1-8-11(28-15(19)26-8)5-24-13(17)4-3-10(7-30(21,22)23)14(18)25-6-12-9(2)27-16(20)29-12/h10H,3-7H2,1-2H3,(H2,21,22,23). The zero-order chi connectivity index (χ0) is 22.5. The first-order valence-corrected chi connectivity index (χ1v) is 10.3. The normalized spacial score (nSPS) is 12.5. The summed E-state index contributed by atoms with van der Waals surface area (Å²) >= 11 is 0. The van der Waals surface area contributed by atoms with Gasteiger partial charge in [0.15, 0.2) is 36.3 Å². The lowest BCUT2D eigenvalue weighted by Gasteiger charge is -2.16. The summed E-state index contributed by atoms with van der Waals surface area (Å²) in [5, 5.41) is 0. The Hall–Kier alpha value is -2.89. The Morgan fingerprint density at radius 3 is 1.87 bits per heavy atom. The molecule has 1 atom stereocenters. The van der Waals surface area contributed by atoms with Crippen molar-refractivity contribution in [1.82, 2.24) is 0 Å². The molecule has 14 heteroatoms. The predicted octanol–water partition coefficient (Wildman–Crippen LogP) is 0.757. The van der Waals surface area contributed by atoms with E-state index in [4.69, 9.17) is 9.47 Å². The third-order valence-corrected chi connectivity index (χ3v) is 4.79. The molecule has 30 heavy (non-hydrogen) atoms. The second-order valence-electron chi connectivity index (χ2n) is 6.22. The molecule has 0 radical (unpaired) electrons. The predicted molar refractivity (Wildman–Crippen MR) is 93.2 cm³/mol.